The van der Waals surface area contributed by atoms with Crippen LogP contribution in [0.5, 0.6) is 5.75 Å². The van der Waals surface area contributed by atoms with Crippen molar-refractivity contribution in [3.05, 3.63) is 53.6 Å². The molecule has 1 aliphatic heterocycles. The van der Waals surface area contributed by atoms with Gasteiger partial charge >= 0.3 is 12.2 Å². The molecule has 1 aliphatic rings. The summed E-state index contributed by atoms with van der Waals surface area (Å²) in [5, 5.41) is 9.41. The second-order valence-electron chi connectivity index (χ2n) is 11.0. The lowest BCUT2D eigenvalue weighted by molar-refractivity contribution is 0.121. The van der Waals surface area contributed by atoms with Gasteiger partial charge < -0.3 is 19.5 Å². The fourth-order valence-corrected chi connectivity index (χ4v) is 4.36. The number of nitrogens with zero attached hydrogens (tertiary/aromatic N) is 3. The number of rotatable bonds is 11. The molecule has 40 heavy (non-hydrogen) atoms. The van der Waals surface area contributed by atoms with Crippen LogP contribution in [0.15, 0.2) is 47.5 Å². The molecule has 0 bridgehead atoms. The van der Waals surface area contributed by atoms with Crippen LogP contribution in [-0.2, 0) is 11.2 Å². The Morgan fingerprint density at radius 3 is 2.30 bits per heavy atom. The van der Waals surface area contributed by atoms with Crippen LogP contribution in [-0.4, -0.2) is 63.8 Å². The van der Waals surface area contributed by atoms with Crippen molar-refractivity contribution in [2.24, 2.45) is 4.99 Å². The smallest absolute Gasteiger partial charge is 0.449 e. The molecule has 1 amide bonds. The first-order chi connectivity index (χ1) is 18.2. The predicted octanol–water partition coefficient (Wildman–Crippen LogP) is 7.20. The predicted molar refractivity (Wildman–Crippen MR) is 170 cm³/mol. The topological polar surface area (TPSA) is 91.7 Å². The van der Waals surface area contributed by atoms with Gasteiger partial charge in [0.15, 0.2) is 0 Å². The quantitative estimate of drug-likeness (QED) is 0.142. The van der Waals surface area contributed by atoms with Crippen LogP contribution in [0.1, 0.15) is 51.7 Å². The van der Waals surface area contributed by atoms with E-state index in [4.69, 9.17) is 9.47 Å². The van der Waals surface area contributed by atoms with Gasteiger partial charge in [-0.2, -0.15) is 25.3 Å². The minimum Gasteiger partial charge on any atom is -0.449 e. The molecule has 1 N–H and O–H groups in total. The molecule has 0 saturated heterocycles. The summed E-state index contributed by atoms with van der Waals surface area (Å²) in [7, 11) is 0. The van der Waals surface area contributed by atoms with Crippen molar-refractivity contribution in [1.82, 2.24) is 4.90 Å². The molecule has 0 aromatic heterocycles. The number of carboxylic acid groups (broad SMARTS) is 1. The molecule has 0 spiro atoms. The van der Waals surface area contributed by atoms with Crippen LogP contribution >= 0.6 is 37.7 Å². The average molecular weight is 610 g/mol. The Labute approximate surface area is 254 Å². The van der Waals surface area contributed by atoms with Gasteiger partial charge in [0, 0.05) is 26.4 Å². The monoisotopic (exact) mass is 609 g/mol. The van der Waals surface area contributed by atoms with Crippen molar-refractivity contribution in [2.45, 2.75) is 63.4 Å². The average Bonchev–Trinajstić information content (AvgIpc) is 3.29. The van der Waals surface area contributed by atoms with Gasteiger partial charge in [0.1, 0.15) is 11.6 Å². The molecule has 0 radical (unpaired) electrons. The second kappa shape index (κ2) is 14.4. The van der Waals surface area contributed by atoms with E-state index in [0.717, 1.165) is 22.5 Å². The van der Waals surface area contributed by atoms with Crippen molar-refractivity contribution >= 4 is 67.1 Å². The van der Waals surface area contributed by atoms with Gasteiger partial charge in [-0.25, -0.2) is 9.59 Å². The zero-order valence-electron chi connectivity index (χ0n) is 23.7. The highest BCUT2D eigenvalue weighted by atomic mass is 35.5. The molecular weight excluding hydrogens is 570 g/mol. The van der Waals surface area contributed by atoms with Gasteiger partial charge in [0.05, 0.1) is 26.2 Å². The molecule has 2 aromatic rings. The molecule has 3 rings (SSSR count). The Balaban J connectivity index is 0.00000560. The largest absolute Gasteiger partial charge is 0.511 e. The van der Waals surface area contributed by atoms with Crippen molar-refractivity contribution < 1.29 is 24.2 Å². The lowest BCUT2D eigenvalue weighted by Crippen LogP contribution is -2.41. The maximum atomic E-state index is 13.0. The highest BCUT2D eigenvalue weighted by molar-refractivity contribution is 7.81. The molecule has 1 heterocycles. The maximum Gasteiger partial charge on any atom is 0.511 e. The summed E-state index contributed by atoms with van der Waals surface area (Å²) in [6, 6.07) is 13.4. The molecule has 11 heteroatoms. The number of halogens is 1. The number of amidine groups is 1. The number of aliphatic imine (C=N–C) groups is 1. The van der Waals surface area contributed by atoms with Crippen LogP contribution in [0.2, 0.25) is 0 Å². The Hall–Kier alpha value is -2.56. The number of amides is 1. The first-order valence-corrected chi connectivity index (χ1v) is 13.9. The Morgan fingerprint density at radius 2 is 1.70 bits per heavy atom. The third-order valence-electron chi connectivity index (χ3n) is 6.32. The SMILES string of the molecule is Cc1ccc(N(CC2=NCCN2C(=O)OCCC(C)(C)S)c2cccc(OC(=O)O)c2CCC(C)(C)S)cc1.Cl. The number of hydrogen-bond donors (Lipinski definition) is 3. The number of benzene rings is 2. The van der Waals surface area contributed by atoms with Crippen LogP contribution in [0, 0.1) is 6.92 Å². The van der Waals surface area contributed by atoms with Gasteiger partial charge in [-0.05, 0) is 50.5 Å². The zero-order chi connectivity index (χ0) is 28.8. The molecule has 0 aliphatic carbocycles. The lowest BCUT2D eigenvalue weighted by atomic mass is 9.98. The molecular formula is C29H40ClN3O5S2. The molecule has 0 atom stereocenters. The van der Waals surface area contributed by atoms with E-state index in [1.807, 2.05) is 69.9 Å². The van der Waals surface area contributed by atoms with Gasteiger partial charge in [0.25, 0.3) is 0 Å². The van der Waals surface area contributed by atoms with E-state index in [0.29, 0.717) is 38.2 Å². The molecule has 8 nitrogen and oxygen atoms in total. The summed E-state index contributed by atoms with van der Waals surface area (Å²) in [4.78, 5) is 32.7. The van der Waals surface area contributed by atoms with E-state index in [1.54, 1.807) is 17.0 Å². The summed E-state index contributed by atoms with van der Waals surface area (Å²) in [6.07, 6.45) is 0.0339. The van der Waals surface area contributed by atoms with Crippen LogP contribution in [0.4, 0.5) is 21.0 Å². The molecule has 0 unspecified atom stereocenters. The lowest BCUT2D eigenvalue weighted by Gasteiger charge is -2.31. The van der Waals surface area contributed by atoms with Gasteiger partial charge in [-0.3, -0.25) is 9.89 Å². The minimum absolute atomic E-state index is 0. The molecule has 2 aromatic carbocycles. The Kier molecular flexibility index (Phi) is 12.1. The maximum absolute atomic E-state index is 13.0. The summed E-state index contributed by atoms with van der Waals surface area (Å²) in [6.45, 7) is 11.4. The number of thiol groups is 2. The van der Waals surface area contributed by atoms with Gasteiger partial charge in [-0.1, -0.05) is 51.5 Å². The van der Waals surface area contributed by atoms with E-state index >= 15 is 0 Å². The summed E-state index contributed by atoms with van der Waals surface area (Å²) in [5.41, 5.74) is 3.50. The fourth-order valence-electron chi connectivity index (χ4n) is 4.15. The molecule has 220 valence electrons. The number of anilines is 2. The van der Waals surface area contributed by atoms with E-state index in [1.165, 1.54) is 0 Å². The second-order valence-corrected chi connectivity index (χ2v) is 13.4. The zero-order valence-corrected chi connectivity index (χ0v) is 26.3. The van der Waals surface area contributed by atoms with E-state index in [2.05, 4.69) is 30.2 Å². The van der Waals surface area contributed by atoms with Crippen LogP contribution in [0.3, 0.4) is 0 Å². The van der Waals surface area contributed by atoms with Crippen molar-refractivity contribution in [2.75, 3.05) is 31.1 Å². The summed E-state index contributed by atoms with van der Waals surface area (Å²) in [5.74, 6) is 0.851. The van der Waals surface area contributed by atoms with Crippen molar-refractivity contribution in [1.29, 1.82) is 0 Å². The van der Waals surface area contributed by atoms with Crippen LogP contribution in [0.25, 0.3) is 0 Å². The molecule has 0 saturated carbocycles. The third-order valence-corrected chi connectivity index (χ3v) is 6.76. The number of aryl methyl sites for hydroxylation is 1. The highest BCUT2D eigenvalue weighted by Gasteiger charge is 2.29. The third kappa shape index (κ3) is 10.1. The number of ether oxygens (including phenoxy) is 2. The first kappa shape index (κ1) is 33.6. The Bertz CT molecular complexity index is 1190. The van der Waals surface area contributed by atoms with E-state index < -0.39 is 12.2 Å². The van der Waals surface area contributed by atoms with E-state index in [-0.39, 0.29) is 40.8 Å². The fraction of sp³-hybridized carbons (Fsp3) is 0.483. The number of carbonyl (C=O) groups is 2. The normalized spacial score (nSPS) is 13.4. The standard InChI is InChI=1S/C29H39N3O5S2.ClH/c1-20-9-11-21(12-10-20)32(19-25-30-16-17-31(25)26(33)36-18-15-29(4,5)39)23-7-6-8-24(37-27(34)35)22(23)13-14-28(2,3)38;/h6-12,38-39H,13-19H2,1-5H3,(H,34,35);1H. The first-order valence-electron chi connectivity index (χ1n) is 13.0. The van der Waals surface area contributed by atoms with Crippen molar-refractivity contribution in [3.63, 3.8) is 0 Å². The highest BCUT2D eigenvalue weighted by Crippen LogP contribution is 2.37. The number of carbonyl (C=O) groups excluding carboxylic acids is 1. The summed E-state index contributed by atoms with van der Waals surface area (Å²) < 4.78 is 10.2. The van der Waals surface area contributed by atoms with Gasteiger partial charge in [0.2, 0.25) is 0 Å². The van der Waals surface area contributed by atoms with Gasteiger partial charge in [-0.15, -0.1) is 12.4 Å². The number of hydrogen-bond acceptors (Lipinski definition) is 8. The summed E-state index contributed by atoms with van der Waals surface area (Å²) >= 11 is 9.18. The molecule has 0 fully saturated rings. The Morgan fingerprint density at radius 1 is 1.05 bits per heavy atom. The van der Waals surface area contributed by atoms with E-state index in [9.17, 15) is 14.7 Å². The van der Waals surface area contributed by atoms with Crippen LogP contribution < -0.4 is 9.64 Å². The minimum atomic E-state index is -1.38. The van der Waals surface area contributed by atoms with Crippen molar-refractivity contribution in [3.8, 4) is 5.75 Å².